The van der Waals surface area contributed by atoms with Crippen LogP contribution in [-0.2, 0) is 24.2 Å². The molecule has 0 amide bonds. The van der Waals surface area contributed by atoms with Crippen LogP contribution >= 0.6 is 0 Å². The number of rotatable bonds is 6. The first kappa shape index (κ1) is 15.0. The molecule has 2 rings (SSSR count). The summed E-state index contributed by atoms with van der Waals surface area (Å²) in [5, 5.41) is 13.1. The molecule has 110 valence electrons. The molecule has 0 bridgehead atoms. The largest absolute Gasteiger partial charge is 0.478 e. The lowest BCUT2D eigenvalue weighted by Crippen LogP contribution is -2.06. The zero-order valence-electron chi connectivity index (χ0n) is 12.3. The lowest BCUT2D eigenvalue weighted by molar-refractivity contribution is -0.131. The monoisotopic (exact) mass is 285 g/mol. The summed E-state index contributed by atoms with van der Waals surface area (Å²) in [6, 6.07) is 7.76. The fourth-order valence-corrected chi connectivity index (χ4v) is 2.04. The zero-order valence-corrected chi connectivity index (χ0v) is 12.3. The van der Waals surface area contributed by atoms with E-state index in [1.54, 1.807) is 6.08 Å². The molecule has 21 heavy (non-hydrogen) atoms. The Balaban J connectivity index is 2.13. The number of aliphatic carboxylic acids is 1. The number of hydrogen-bond acceptors (Lipinski definition) is 3. The van der Waals surface area contributed by atoms with Crippen molar-refractivity contribution in [1.29, 1.82) is 0 Å². The highest BCUT2D eigenvalue weighted by Gasteiger charge is 2.07. The quantitative estimate of drug-likeness (QED) is 0.828. The van der Waals surface area contributed by atoms with Crippen LogP contribution in [0.4, 0.5) is 0 Å². The van der Waals surface area contributed by atoms with Crippen LogP contribution in [0, 0.1) is 0 Å². The maximum absolute atomic E-state index is 10.5. The van der Waals surface area contributed by atoms with Gasteiger partial charge in [-0.3, -0.25) is 0 Å². The first-order valence-electron chi connectivity index (χ1n) is 7.05. The number of hydrogen-bond donors (Lipinski definition) is 1. The smallest absolute Gasteiger partial charge is 0.328 e. The Bertz CT molecular complexity index is 642. The standard InChI is InChI=1S/C16H19N3O2/c1-3-14-17-15(4-2)19(18-14)11-13-7-5-12(6-8-13)9-10-16(20)21/h5-10H,3-4,11H2,1-2H3,(H,20,21). The van der Waals surface area contributed by atoms with Gasteiger partial charge in [0.05, 0.1) is 6.54 Å². The third-order valence-corrected chi connectivity index (χ3v) is 3.16. The minimum absolute atomic E-state index is 0.680. The Hall–Kier alpha value is -2.43. The molecular formula is C16H19N3O2. The van der Waals surface area contributed by atoms with Crippen LogP contribution in [0.1, 0.15) is 36.6 Å². The second-order valence-corrected chi connectivity index (χ2v) is 4.72. The number of carboxylic acid groups (broad SMARTS) is 1. The molecule has 1 aromatic carbocycles. The molecule has 0 radical (unpaired) electrons. The molecule has 5 heteroatoms. The first-order chi connectivity index (χ1) is 10.1. The van der Waals surface area contributed by atoms with Crippen LogP contribution < -0.4 is 0 Å². The van der Waals surface area contributed by atoms with E-state index in [0.29, 0.717) is 6.54 Å². The van der Waals surface area contributed by atoms with E-state index in [2.05, 4.69) is 17.0 Å². The van der Waals surface area contributed by atoms with Gasteiger partial charge in [-0.1, -0.05) is 38.1 Å². The lowest BCUT2D eigenvalue weighted by atomic mass is 10.1. The van der Waals surface area contributed by atoms with Gasteiger partial charge >= 0.3 is 5.97 Å². The Morgan fingerprint density at radius 1 is 1.24 bits per heavy atom. The molecule has 0 atom stereocenters. The molecule has 0 aliphatic rings. The van der Waals surface area contributed by atoms with Crippen molar-refractivity contribution in [1.82, 2.24) is 14.8 Å². The van der Waals surface area contributed by atoms with Crippen molar-refractivity contribution in [3.05, 3.63) is 53.1 Å². The normalized spacial score (nSPS) is 11.1. The summed E-state index contributed by atoms with van der Waals surface area (Å²) < 4.78 is 1.93. The Kier molecular flexibility index (Phi) is 4.87. The number of carboxylic acids is 1. The molecule has 0 aliphatic heterocycles. The third-order valence-electron chi connectivity index (χ3n) is 3.16. The molecule has 0 spiro atoms. The highest BCUT2D eigenvalue weighted by atomic mass is 16.4. The zero-order chi connectivity index (χ0) is 15.2. The maximum atomic E-state index is 10.5. The van der Waals surface area contributed by atoms with E-state index in [1.807, 2.05) is 35.9 Å². The van der Waals surface area contributed by atoms with Gasteiger partial charge in [-0.25, -0.2) is 14.5 Å². The first-order valence-corrected chi connectivity index (χ1v) is 7.05. The number of aryl methyl sites for hydroxylation is 2. The Morgan fingerprint density at radius 2 is 1.95 bits per heavy atom. The molecule has 2 aromatic rings. The van der Waals surface area contributed by atoms with Gasteiger partial charge in [-0.2, -0.15) is 5.10 Å². The molecule has 0 unspecified atom stereocenters. The fraction of sp³-hybridized carbons (Fsp3) is 0.312. The van der Waals surface area contributed by atoms with Crippen LogP contribution in [0.3, 0.4) is 0 Å². The van der Waals surface area contributed by atoms with Gasteiger partial charge in [-0.05, 0) is 17.2 Å². The average Bonchev–Trinajstić information content (AvgIpc) is 2.88. The van der Waals surface area contributed by atoms with Crippen LogP contribution in [0.15, 0.2) is 30.3 Å². The highest BCUT2D eigenvalue weighted by molar-refractivity contribution is 5.85. The Labute approximate surface area is 124 Å². The van der Waals surface area contributed by atoms with Crippen LogP contribution in [0.25, 0.3) is 6.08 Å². The summed E-state index contributed by atoms with van der Waals surface area (Å²) in [6.07, 6.45) is 4.40. The van der Waals surface area contributed by atoms with E-state index < -0.39 is 5.97 Å². The van der Waals surface area contributed by atoms with E-state index in [1.165, 1.54) is 0 Å². The maximum Gasteiger partial charge on any atom is 0.328 e. The van der Waals surface area contributed by atoms with E-state index in [0.717, 1.165) is 41.7 Å². The molecule has 1 N–H and O–H groups in total. The van der Waals surface area contributed by atoms with Gasteiger partial charge in [0.1, 0.15) is 5.82 Å². The lowest BCUT2D eigenvalue weighted by Gasteiger charge is -2.05. The number of nitrogens with zero attached hydrogens (tertiary/aromatic N) is 3. The molecule has 0 saturated carbocycles. The van der Waals surface area contributed by atoms with Gasteiger partial charge in [-0.15, -0.1) is 0 Å². The van der Waals surface area contributed by atoms with Gasteiger partial charge in [0.25, 0.3) is 0 Å². The molecule has 0 fully saturated rings. The second-order valence-electron chi connectivity index (χ2n) is 4.72. The van der Waals surface area contributed by atoms with Gasteiger partial charge < -0.3 is 5.11 Å². The van der Waals surface area contributed by atoms with E-state index in [9.17, 15) is 4.79 Å². The van der Waals surface area contributed by atoms with Crippen molar-refractivity contribution in [3.63, 3.8) is 0 Å². The van der Waals surface area contributed by atoms with Crippen LogP contribution in [0.2, 0.25) is 0 Å². The summed E-state index contributed by atoms with van der Waals surface area (Å²) in [6.45, 7) is 4.79. The van der Waals surface area contributed by atoms with E-state index in [4.69, 9.17) is 5.11 Å². The summed E-state index contributed by atoms with van der Waals surface area (Å²) >= 11 is 0. The molecule has 5 nitrogen and oxygen atoms in total. The average molecular weight is 285 g/mol. The van der Waals surface area contributed by atoms with Crippen LogP contribution in [0.5, 0.6) is 0 Å². The highest BCUT2D eigenvalue weighted by Crippen LogP contribution is 2.10. The number of benzene rings is 1. The van der Waals surface area contributed by atoms with Crippen molar-refractivity contribution in [2.45, 2.75) is 33.2 Å². The SMILES string of the molecule is CCc1nc(CC)n(Cc2ccc(C=CC(=O)O)cc2)n1. The van der Waals surface area contributed by atoms with Gasteiger partial charge in [0.15, 0.2) is 5.82 Å². The van der Waals surface area contributed by atoms with Crippen molar-refractivity contribution in [3.8, 4) is 0 Å². The summed E-state index contributed by atoms with van der Waals surface area (Å²) in [5.74, 6) is 0.913. The van der Waals surface area contributed by atoms with Gasteiger partial charge in [0, 0.05) is 18.9 Å². The van der Waals surface area contributed by atoms with Crippen LogP contribution in [-0.4, -0.2) is 25.8 Å². The van der Waals surface area contributed by atoms with Crippen molar-refractivity contribution in [2.75, 3.05) is 0 Å². The minimum Gasteiger partial charge on any atom is -0.478 e. The predicted molar refractivity (Wildman–Crippen MR) is 81.0 cm³/mol. The Morgan fingerprint density at radius 3 is 2.52 bits per heavy atom. The van der Waals surface area contributed by atoms with Crippen molar-refractivity contribution in [2.24, 2.45) is 0 Å². The number of aromatic nitrogens is 3. The summed E-state index contributed by atoms with van der Waals surface area (Å²) in [4.78, 5) is 15.0. The predicted octanol–water partition coefficient (Wildman–Crippen LogP) is 2.55. The topological polar surface area (TPSA) is 68.0 Å². The van der Waals surface area contributed by atoms with E-state index >= 15 is 0 Å². The third kappa shape index (κ3) is 4.02. The molecule has 0 aliphatic carbocycles. The molecule has 1 aromatic heterocycles. The van der Waals surface area contributed by atoms with Crippen molar-refractivity contribution >= 4 is 12.0 Å². The number of carbonyl (C=O) groups is 1. The second kappa shape index (κ2) is 6.83. The molecular weight excluding hydrogens is 266 g/mol. The minimum atomic E-state index is -0.943. The molecule has 1 heterocycles. The summed E-state index contributed by atoms with van der Waals surface area (Å²) in [7, 11) is 0. The molecule has 0 saturated heterocycles. The van der Waals surface area contributed by atoms with Crippen molar-refractivity contribution < 1.29 is 9.90 Å². The fourth-order valence-electron chi connectivity index (χ4n) is 2.04. The summed E-state index contributed by atoms with van der Waals surface area (Å²) in [5.41, 5.74) is 1.98. The van der Waals surface area contributed by atoms with E-state index in [-0.39, 0.29) is 0 Å². The van der Waals surface area contributed by atoms with Gasteiger partial charge in [0.2, 0.25) is 0 Å².